The van der Waals surface area contributed by atoms with E-state index in [9.17, 15) is 4.79 Å². The average molecular weight is 267 g/mol. The van der Waals surface area contributed by atoms with Crippen molar-refractivity contribution in [2.24, 2.45) is 0 Å². The number of hydrogen-bond donors (Lipinski definition) is 1. The van der Waals surface area contributed by atoms with Crippen molar-refractivity contribution >= 4 is 5.91 Å². The van der Waals surface area contributed by atoms with Gasteiger partial charge >= 0.3 is 0 Å². The van der Waals surface area contributed by atoms with Gasteiger partial charge in [0.05, 0.1) is 0 Å². The van der Waals surface area contributed by atoms with Gasteiger partial charge in [0.1, 0.15) is 6.10 Å². The molecule has 0 aromatic heterocycles. The number of nitrogens with one attached hydrogen (secondary N) is 1. The molecule has 3 nitrogen and oxygen atoms in total. The van der Waals surface area contributed by atoms with Gasteiger partial charge in [-0.25, -0.2) is 0 Å². The first-order chi connectivity index (χ1) is 9.84. The number of hydrogen-bond acceptors (Lipinski definition) is 2. The Kier molecular flexibility index (Phi) is 3.79. The van der Waals surface area contributed by atoms with E-state index in [1.54, 1.807) is 0 Å². The number of benzene rings is 2. The molecule has 1 N–H and O–H groups in total. The maximum Gasteiger partial charge on any atom is 0.252 e. The molecule has 0 radical (unpaired) electrons. The van der Waals surface area contributed by atoms with Gasteiger partial charge in [0.15, 0.2) is 6.10 Å². The zero-order valence-electron chi connectivity index (χ0n) is 11.2. The van der Waals surface area contributed by atoms with Gasteiger partial charge in [-0.05, 0) is 17.5 Å². The Labute approximate surface area is 118 Å². The summed E-state index contributed by atoms with van der Waals surface area (Å²) in [6.07, 6.45) is 0.441. The van der Waals surface area contributed by atoms with Crippen molar-refractivity contribution in [3.8, 4) is 0 Å². The van der Waals surface area contributed by atoms with Crippen LogP contribution < -0.4 is 5.32 Å². The van der Waals surface area contributed by atoms with Crippen molar-refractivity contribution in [2.75, 3.05) is 6.54 Å². The highest BCUT2D eigenvalue weighted by atomic mass is 16.6. The van der Waals surface area contributed by atoms with E-state index in [4.69, 9.17) is 4.74 Å². The molecular weight excluding hydrogens is 250 g/mol. The first-order valence-electron chi connectivity index (χ1n) is 6.86. The van der Waals surface area contributed by atoms with E-state index < -0.39 is 0 Å². The Bertz CT molecular complexity index is 568. The van der Waals surface area contributed by atoms with Crippen LogP contribution >= 0.6 is 0 Å². The van der Waals surface area contributed by atoms with E-state index in [2.05, 4.69) is 17.4 Å². The lowest BCUT2D eigenvalue weighted by molar-refractivity contribution is -0.122. The second-order valence-corrected chi connectivity index (χ2v) is 4.91. The molecule has 2 unspecified atom stereocenters. The number of epoxide rings is 1. The van der Waals surface area contributed by atoms with Crippen LogP contribution in [0.25, 0.3) is 0 Å². The van der Waals surface area contributed by atoms with Crippen molar-refractivity contribution < 1.29 is 9.53 Å². The molecule has 2 atom stereocenters. The molecule has 2 aromatic rings. The highest BCUT2D eigenvalue weighted by Crippen LogP contribution is 2.38. The molecule has 1 amide bonds. The molecule has 1 aliphatic rings. The minimum absolute atomic E-state index is 0.0187. The van der Waals surface area contributed by atoms with Crippen molar-refractivity contribution in [1.82, 2.24) is 5.32 Å². The third-order valence-corrected chi connectivity index (χ3v) is 3.43. The van der Waals surface area contributed by atoms with Crippen LogP contribution in [0.15, 0.2) is 60.7 Å². The molecule has 0 spiro atoms. The third-order valence-electron chi connectivity index (χ3n) is 3.43. The molecule has 102 valence electrons. The monoisotopic (exact) mass is 267 g/mol. The lowest BCUT2D eigenvalue weighted by Crippen LogP contribution is -2.30. The molecule has 2 aromatic carbocycles. The minimum atomic E-state index is -0.326. The molecule has 0 aliphatic carbocycles. The molecular formula is C17H17NO2. The lowest BCUT2D eigenvalue weighted by Gasteiger charge is -2.03. The van der Waals surface area contributed by atoms with Gasteiger partial charge in [0.2, 0.25) is 0 Å². The summed E-state index contributed by atoms with van der Waals surface area (Å²) in [6.45, 7) is 0.643. The van der Waals surface area contributed by atoms with Gasteiger partial charge in [-0.3, -0.25) is 4.79 Å². The van der Waals surface area contributed by atoms with Gasteiger partial charge in [-0.15, -0.1) is 0 Å². The van der Waals surface area contributed by atoms with E-state index >= 15 is 0 Å². The van der Waals surface area contributed by atoms with E-state index in [0.717, 1.165) is 12.0 Å². The Morgan fingerprint density at radius 1 is 1.00 bits per heavy atom. The summed E-state index contributed by atoms with van der Waals surface area (Å²) in [5.41, 5.74) is 2.29. The van der Waals surface area contributed by atoms with Crippen LogP contribution in [0.4, 0.5) is 0 Å². The Morgan fingerprint density at radius 2 is 1.65 bits per heavy atom. The van der Waals surface area contributed by atoms with Crippen LogP contribution in [0.3, 0.4) is 0 Å². The first-order valence-corrected chi connectivity index (χ1v) is 6.86. The van der Waals surface area contributed by atoms with Gasteiger partial charge in [-0.2, -0.15) is 0 Å². The molecule has 20 heavy (non-hydrogen) atoms. The number of ether oxygens (including phenoxy) is 1. The van der Waals surface area contributed by atoms with Gasteiger partial charge < -0.3 is 10.1 Å². The van der Waals surface area contributed by atoms with Crippen LogP contribution in [0, 0.1) is 0 Å². The fourth-order valence-electron chi connectivity index (χ4n) is 2.28. The van der Waals surface area contributed by atoms with Crippen molar-refractivity contribution in [1.29, 1.82) is 0 Å². The van der Waals surface area contributed by atoms with Gasteiger partial charge in [0.25, 0.3) is 5.91 Å². The quantitative estimate of drug-likeness (QED) is 0.846. The minimum Gasteiger partial charge on any atom is -0.354 e. The van der Waals surface area contributed by atoms with Crippen LogP contribution in [-0.4, -0.2) is 18.6 Å². The van der Waals surface area contributed by atoms with E-state index in [1.807, 2.05) is 48.5 Å². The fraction of sp³-hybridized carbons (Fsp3) is 0.235. The standard InChI is InChI=1S/C17H17NO2/c19-17(18-12-11-13-7-3-1-4-8-13)16-15(20-16)14-9-5-2-6-10-14/h1-10,15-16H,11-12H2,(H,18,19). The summed E-state index contributed by atoms with van der Waals surface area (Å²) in [4.78, 5) is 11.9. The highest BCUT2D eigenvalue weighted by molar-refractivity contribution is 5.84. The fourth-order valence-corrected chi connectivity index (χ4v) is 2.28. The molecule has 1 fully saturated rings. The van der Waals surface area contributed by atoms with Gasteiger partial charge in [0, 0.05) is 6.54 Å². The molecule has 0 bridgehead atoms. The first kappa shape index (κ1) is 12.9. The third kappa shape index (κ3) is 3.06. The Balaban J connectivity index is 1.45. The summed E-state index contributed by atoms with van der Waals surface area (Å²) in [5, 5.41) is 2.93. The second-order valence-electron chi connectivity index (χ2n) is 4.91. The van der Waals surface area contributed by atoms with Gasteiger partial charge in [-0.1, -0.05) is 60.7 Å². The maximum absolute atomic E-state index is 11.9. The van der Waals surface area contributed by atoms with Crippen LogP contribution in [-0.2, 0) is 16.0 Å². The molecule has 1 heterocycles. The summed E-state index contributed by atoms with van der Waals surface area (Å²) < 4.78 is 5.46. The number of carbonyl (C=O) groups excluding carboxylic acids is 1. The molecule has 1 saturated heterocycles. The topological polar surface area (TPSA) is 41.6 Å². The molecule has 0 saturated carbocycles. The Hall–Kier alpha value is -2.13. The van der Waals surface area contributed by atoms with Crippen LogP contribution in [0.2, 0.25) is 0 Å². The highest BCUT2D eigenvalue weighted by Gasteiger charge is 2.45. The predicted octanol–water partition coefficient (Wildman–Crippen LogP) is 2.49. The largest absolute Gasteiger partial charge is 0.354 e. The number of carbonyl (C=O) groups is 1. The van der Waals surface area contributed by atoms with Crippen molar-refractivity contribution in [3.05, 3.63) is 71.8 Å². The van der Waals surface area contributed by atoms with Crippen LogP contribution in [0.1, 0.15) is 17.2 Å². The SMILES string of the molecule is O=C(NCCc1ccccc1)C1OC1c1ccccc1. The number of rotatable bonds is 5. The van der Waals surface area contributed by atoms with Crippen molar-refractivity contribution in [2.45, 2.75) is 18.6 Å². The average Bonchev–Trinajstić information content (AvgIpc) is 3.30. The summed E-state index contributed by atoms with van der Waals surface area (Å²) in [7, 11) is 0. The summed E-state index contributed by atoms with van der Waals surface area (Å²) >= 11 is 0. The van der Waals surface area contributed by atoms with E-state index in [1.165, 1.54) is 5.56 Å². The van der Waals surface area contributed by atoms with Crippen molar-refractivity contribution in [3.63, 3.8) is 0 Å². The smallest absolute Gasteiger partial charge is 0.252 e. The lowest BCUT2D eigenvalue weighted by atomic mass is 10.1. The number of amides is 1. The zero-order chi connectivity index (χ0) is 13.8. The second kappa shape index (κ2) is 5.88. The van der Waals surface area contributed by atoms with E-state index in [-0.39, 0.29) is 18.1 Å². The van der Waals surface area contributed by atoms with E-state index in [0.29, 0.717) is 6.54 Å². The summed E-state index contributed by atoms with van der Waals surface area (Å²) in [5.74, 6) is -0.0187. The normalized spacial score (nSPS) is 20.4. The zero-order valence-corrected chi connectivity index (χ0v) is 11.2. The predicted molar refractivity (Wildman–Crippen MR) is 77.2 cm³/mol. The molecule has 3 heteroatoms. The molecule has 3 rings (SSSR count). The van der Waals surface area contributed by atoms with Crippen LogP contribution in [0.5, 0.6) is 0 Å². The summed E-state index contributed by atoms with van der Waals surface area (Å²) in [6, 6.07) is 20.0. The molecule has 1 aliphatic heterocycles. The maximum atomic E-state index is 11.9. The Morgan fingerprint density at radius 3 is 2.35 bits per heavy atom.